The first-order chi connectivity index (χ1) is 10.3. The van der Waals surface area contributed by atoms with Gasteiger partial charge in [-0.1, -0.05) is 11.6 Å². The highest BCUT2D eigenvalue weighted by Crippen LogP contribution is 2.19. The second-order valence-electron chi connectivity index (χ2n) is 5.40. The van der Waals surface area contributed by atoms with Crippen molar-refractivity contribution in [2.75, 3.05) is 64.4 Å². The summed E-state index contributed by atoms with van der Waals surface area (Å²) in [7, 11) is 1.74. The van der Waals surface area contributed by atoms with E-state index in [1.54, 1.807) is 7.11 Å². The van der Waals surface area contributed by atoms with E-state index in [2.05, 4.69) is 27.2 Å². The van der Waals surface area contributed by atoms with Crippen LogP contribution in [0.4, 0.5) is 5.69 Å². The normalized spacial score (nSPS) is 16.4. The first kappa shape index (κ1) is 16.6. The highest BCUT2D eigenvalue weighted by Gasteiger charge is 2.16. The van der Waals surface area contributed by atoms with Gasteiger partial charge in [0, 0.05) is 50.5 Å². The summed E-state index contributed by atoms with van der Waals surface area (Å²) in [6, 6.07) is 8.15. The van der Waals surface area contributed by atoms with Crippen LogP contribution in [-0.4, -0.2) is 64.4 Å². The third-order valence-corrected chi connectivity index (χ3v) is 4.13. The van der Waals surface area contributed by atoms with E-state index in [4.69, 9.17) is 16.3 Å². The number of piperazine rings is 1. The maximum atomic E-state index is 5.94. The summed E-state index contributed by atoms with van der Waals surface area (Å²) in [5.74, 6) is 0. The fraction of sp³-hybridized carbons (Fsp3) is 0.625. The molecule has 1 aliphatic rings. The van der Waals surface area contributed by atoms with Crippen molar-refractivity contribution in [1.82, 2.24) is 10.2 Å². The highest BCUT2D eigenvalue weighted by molar-refractivity contribution is 6.30. The van der Waals surface area contributed by atoms with Crippen LogP contribution in [0.1, 0.15) is 6.42 Å². The van der Waals surface area contributed by atoms with Crippen molar-refractivity contribution >= 4 is 17.3 Å². The standard InChI is InChI=1S/C16H26ClN3O/c1-21-14-8-18-7-2-9-19-10-12-20(13-11-19)16-5-3-15(17)4-6-16/h3-6,18H,2,7-14H2,1H3. The van der Waals surface area contributed by atoms with Crippen molar-refractivity contribution in [3.8, 4) is 0 Å². The smallest absolute Gasteiger partial charge is 0.0587 e. The number of benzene rings is 1. The van der Waals surface area contributed by atoms with Gasteiger partial charge in [-0.3, -0.25) is 4.90 Å². The lowest BCUT2D eigenvalue weighted by molar-refractivity contribution is 0.198. The highest BCUT2D eigenvalue weighted by atomic mass is 35.5. The maximum absolute atomic E-state index is 5.94. The number of hydrogen-bond acceptors (Lipinski definition) is 4. The lowest BCUT2D eigenvalue weighted by Gasteiger charge is -2.36. The molecule has 1 saturated heterocycles. The summed E-state index contributed by atoms with van der Waals surface area (Å²) in [6.45, 7) is 8.45. The van der Waals surface area contributed by atoms with E-state index in [-0.39, 0.29) is 0 Å². The zero-order valence-corrected chi connectivity index (χ0v) is 13.6. The zero-order valence-electron chi connectivity index (χ0n) is 12.9. The molecule has 0 saturated carbocycles. The molecular weight excluding hydrogens is 286 g/mol. The van der Waals surface area contributed by atoms with Gasteiger partial charge in [0.05, 0.1) is 6.61 Å². The van der Waals surface area contributed by atoms with Crippen molar-refractivity contribution in [2.45, 2.75) is 6.42 Å². The average molecular weight is 312 g/mol. The first-order valence-electron chi connectivity index (χ1n) is 7.72. The number of nitrogens with zero attached hydrogens (tertiary/aromatic N) is 2. The maximum Gasteiger partial charge on any atom is 0.0587 e. The van der Waals surface area contributed by atoms with E-state index in [1.165, 1.54) is 18.7 Å². The van der Waals surface area contributed by atoms with Crippen molar-refractivity contribution in [1.29, 1.82) is 0 Å². The minimum absolute atomic E-state index is 0.791. The predicted octanol–water partition coefficient (Wildman–Crippen LogP) is 2.09. The van der Waals surface area contributed by atoms with Gasteiger partial charge in [0.25, 0.3) is 0 Å². The zero-order chi connectivity index (χ0) is 14.9. The second kappa shape index (κ2) is 9.26. The second-order valence-corrected chi connectivity index (χ2v) is 5.84. The summed E-state index contributed by atoms with van der Waals surface area (Å²) < 4.78 is 5.01. The topological polar surface area (TPSA) is 27.7 Å². The Kier molecular flexibility index (Phi) is 7.30. The van der Waals surface area contributed by atoms with Crippen molar-refractivity contribution in [3.63, 3.8) is 0 Å². The van der Waals surface area contributed by atoms with Gasteiger partial charge in [-0.2, -0.15) is 0 Å². The number of rotatable bonds is 8. The number of ether oxygens (including phenoxy) is 1. The van der Waals surface area contributed by atoms with Crippen LogP contribution in [0.3, 0.4) is 0 Å². The molecule has 1 fully saturated rings. The van der Waals surface area contributed by atoms with Crippen LogP contribution in [-0.2, 0) is 4.74 Å². The van der Waals surface area contributed by atoms with E-state index >= 15 is 0 Å². The van der Waals surface area contributed by atoms with E-state index in [1.807, 2.05) is 12.1 Å². The summed E-state index contributed by atoms with van der Waals surface area (Å²) >= 11 is 5.94. The fourth-order valence-electron chi connectivity index (χ4n) is 2.61. The number of nitrogens with one attached hydrogen (secondary N) is 1. The van der Waals surface area contributed by atoms with E-state index in [9.17, 15) is 0 Å². The fourth-order valence-corrected chi connectivity index (χ4v) is 2.73. The summed E-state index contributed by atoms with van der Waals surface area (Å²) in [6.07, 6.45) is 1.20. The first-order valence-corrected chi connectivity index (χ1v) is 8.10. The lowest BCUT2D eigenvalue weighted by Crippen LogP contribution is -2.47. The van der Waals surface area contributed by atoms with Crippen LogP contribution in [0.5, 0.6) is 0 Å². The Balaban J connectivity index is 1.61. The van der Waals surface area contributed by atoms with Crippen molar-refractivity contribution in [3.05, 3.63) is 29.3 Å². The molecule has 21 heavy (non-hydrogen) atoms. The molecule has 1 heterocycles. The SMILES string of the molecule is COCCNCCCN1CCN(c2ccc(Cl)cc2)CC1. The number of halogens is 1. The molecule has 0 spiro atoms. The molecule has 0 radical (unpaired) electrons. The minimum Gasteiger partial charge on any atom is -0.383 e. The molecule has 5 heteroatoms. The van der Waals surface area contributed by atoms with Crippen molar-refractivity contribution in [2.24, 2.45) is 0 Å². The molecule has 1 aliphatic heterocycles. The van der Waals surface area contributed by atoms with Gasteiger partial charge in [0.2, 0.25) is 0 Å². The third kappa shape index (κ3) is 5.83. The van der Waals surface area contributed by atoms with Gasteiger partial charge in [0.15, 0.2) is 0 Å². The van der Waals surface area contributed by atoms with Crippen LogP contribution in [0.15, 0.2) is 24.3 Å². The average Bonchev–Trinajstić information content (AvgIpc) is 2.52. The number of hydrogen-bond donors (Lipinski definition) is 1. The largest absolute Gasteiger partial charge is 0.383 e. The molecule has 1 N–H and O–H groups in total. The van der Waals surface area contributed by atoms with Crippen LogP contribution in [0.25, 0.3) is 0 Å². The Hall–Kier alpha value is -0.810. The Morgan fingerprint density at radius 1 is 1.10 bits per heavy atom. The van der Waals surface area contributed by atoms with Crippen LogP contribution < -0.4 is 10.2 Å². The van der Waals surface area contributed by atoms with Gasteiger partial charge in [-0.15, -0.1) is 0 Å². The Morgan fingerprint density at radius 2 is 1.81 bits per heavy atom. The van der Waals surface area contributed by atoms with Gasteiger partial charge in [-0.25, -0.2) is 0 Å². The summed E-state index contributed by atoms with van der Waals surface area (Å²) in [5.41, 5.74) is 1.28. The van der Waals surface area contributed by atoms with Gasteiger partial charge < -0.3 is 15.0 Å². The quantitative estimate of drug-likeness (QED) is 0.744. The summed E-state index contributed by atoms with van der Waals surface area (Å²) in [5, 5.41) is 4.20. The lowest BCUT2D eigenvalue weighted by atomic mass is 10.2. The number of methoxy groups -OCH3 is 1. The monoisotopic (exact) mass is 311 g/mol. The molecule has 1 aromatic rings. The number of anilines is 1. The molecule has 0 amide bonds. The van der Waals surface area contributed by atoms with Crippen LogP contribution in [0.2, 0.25) is 5.02 Å². The molecule has 0 unspecified atom stereocenters. The molecule has 0 bridgehead atoms. The molecule has 118 valence electrons. The minimum atomic E-state index is 0.791. The third-order valence-electron chi connectivity index (χ3n) is 3.87. The van der Waals surface area contributed by atoms with E-state index in [0.717, 1.165) is 50.9 Å². The molecule has 2 rings (SSSR count). The molecule has 0 aliphatic carbocycles. The van der Waals surface area contributed by atoms with Gasteiger partial charge in [0.1, 0.15) is 0 Å². The van der Waals surface area contributed by atoms with E-state index in [0.29, 0.717) is 0 Å². The van der Waals surface area contributed by atoms with Crippen LogP contribution >= 0.6 is 11.6 Å². The molecule has 1 aromatic carbocycles. The van der Waals surface area contributed by atoms with E-state index < -0.39 is 0 Å². The summed E-state index contributed by atoms with van der Waals surface area (Å²) in [4.78, 5) is 4.98. The Labute approximate surface area is 133 Å². The Morgan fingerprint density at radius 3 is 2.48 bits per heavy atom. The van der Waals surface area contributed by atoms with Crippen LogP contribution in [0, 0.1) is 0 Å². The molecule has 4 nitrogen and oxygen atoms in total. The van der Waals surface area contributed by atoms with Gasteiger partial charge >= 0.3 is 0 Å². The molecule has 0 aromatic heterocycles. The predicted molar refractivity (Wildman–Crippen MR) is 89.5 cm³/mol. The molecular formula is C16H26ClN3O. The van der Waals surface area contributed by atoms with Gasteiger partial charge in [-0.05, 0) is 43.8 Å². The molecule has 0 atom stereocenters. The van der Waals surface area contributed by atoms with Crippen molar-refractivity contribution < 1.29 is 4.74 Å². The Bertz CT molecular complexity index is 391.